The molecule has 5 rings (SSSR count). The fourth-order valence-electron chi connectivity index (χ4n) is 5.78. The van der Waals surface area contributed by atoms with Crippen molar-refractivity contribution in [3.63, 3.8) is 0 Å². The quantitative estimate of drug-likeness (QED) is 0.0270. The molecule has 0 radical (unpaired) electrons. The van der Waals surface area contributed by atoms with E-state index in [9.17, 15) is 19.2 Å². The summed E-state index contributed by atoms with van der Waals surface area (Å²) in [5.74, 6) is 0.457. The summed E-state index contributed by atoms with van der Waals surface area (Å²) in [6.45, 7) is 9.26. The molecule has 4 aromatic carbocycles. The molecule has 0 unspecified atom stereocenters. The second-order valence-electron chi connectivity index (χ2n) is 14.3. The van der Waals surface area contributed by atoms with E-state index in [0.717, 1.165) is 16.7 Å². The van der Waals surface area contributed by atoms with Gasteiger partial charge in [-0.25, -0.2) is 0 Å². The second kappa shape index (κ2) is 24.1. The van der Waals surface area contributed by atoms with E-state index in [1.54, 1.807) is 55.5 Å². The predicted molar refractivity (Wildman–Crippen MR) is 243 cm³/mol. The Labute approximate surface area is 376 Å². The van der Waals surface area contributed by atoms with Gasteiger partial charge in [0.15, 0.2) is 5.84 Å². The minimum absolute atomic E-state index is 0. The Morgan fingerprint density at radius 1 is 0.714 bits per heavy atom. The molecule has 0 saturated heterocycles. The molecular formula is C45H54Cl2N8O8. The zero-order valence-corrected chi connectivity index (χ0v) is 36.8. The van der Waals surface area contributed by atoms with Crippen molar-refractivity contribution in [2.75, 3.05) is 14.1 Å². The molecule has 336 valence electrons. The number of nitrogens with zero attached hydrogens (tertiary/aromatic N) is 3. The van der Waals surface area contributed by atoms with Crippen molar-refractivity contribution in [1.82, 2.24) is 31.4 Å². The first-order valence-corrected chi connectivity index (χ1v) is 20.2. The van der Waals surface area contributed by atoms with Crippen LogP contribution in [0.1, 0.15) is 78.4 Å². The highest BCUT2D eigenvalue weighted by Crippen LogP contribution is 2.28. The maximum absolute atomic E-state index is 12.8. The molecule has 16 nitrogen and oxygen atoms in total. The third-order valence-electron chi connectivity index (χ3n) is 8.83. The maximum atomic E-state index is 12.8. The number of hydrogen-bond donors (Lipinski definition) is 6. The summed E-state index contributed by atoms with van der Waals surface area (Å²) in [7, 11) is 3.02. The van der Waals surface area contributed by atoms with Crippen LogP contribution in [0.25, 0.3) is 11.4 Å². The summed E-state index contributed by atoms with van der Waals surface area (Å²) in [4.78, 5) is 54.4. The molecule has 0 aliphatic heterocycles. The van der Waals surface area contributed by atoms with E-state index in [0.29, 0.717) is 56.4 Å². The summed E-state index contributed by atoms with van der Waals surface area (Å²) < 4.78 is 16.2. The van der Waals surface area contributed by atoms with E-state index in [1.807, 2.05) is 52.0 Å². The number of rotatable bonds is 16. The zero-order chi connectivity index (χ0) is 45.5. The highest BCUT2D eigenvalue weighted by molar-refractivity contribution is 6.32. The molecule has 2 atom stereocenters. The first-order valence-electron chi connectivity index (χ1n) is 19.5. The number of aromatic nitrogens is 2. The standard InChI is InChI=1S/C23H25ClN4O4.C21H25ClN4O4.CH4/c1-13(2)31-20-10-9-17(12-18(20)24)22(29)27-19(23(30)25-4)11-15-5-7-16(8-6-15)21-26-14(3)32-28-21;1-12(2)30-18-9-8-15(11-16(18)22)20(27)25-17(21(28)24-3)10-13-4-6-14(7-5-13)19(23)26-29;/h5-10,12-13,19H,11H2,1-4H3,(H,25,30)(H,27,29);4-9,11-12,17,29H,10H2,1-3H3,(H2,23,26)(H,24,28)(H,25,27);1H4/t19-;17-;/m00./s1. The lowest BCUT2D eigenvalue weighted by molar-refractivity contribution is -0.123. The number of ether oxygens (including phenoxy) is 2. The van der Waals surface area contributed by atoms with E-state index in [-0.39, 0.29) is 43.7 Å². The van der Waals surface area contributed by atoms with Crippen LogP contribution >= 0.6 is 23.2 Å². The molecule has 0 bridgehead atoms. The predicted octanol–water partition coefficient (Wildman–Crippen LogP) is 6.52. The number of halogens is 2. The first kappa shape index (κ1) is 50.7. The first-order chi connectivity index (χ1) is 29.5. The molecular weight excluding hydrogens is 851 g/mol. The van der Waals surface area contributed by atoms with Gasteiger partial charge in [-0.15, -0.1) is 0 Å². The topological polar surface area (TPSA) is 232 Å². The highest BCUT2D eigenvalue weighted by Gasteiger charge is 2.23. The van der Waals surface area contributed by atoms with Crippen molar-refractivity contribution in [2.24, 2.45) is 10.9 Å². The Kier molecular flexibility index (Phi) is 19.4. The van der Waals surface area contributed by atoms with E-state index in [4.69, 9.17) is 48.1 Å². The summed E-state index contributed by atoms with van der Waals surface area (Å²) in [6, 6.07) is 22.1. The van der Waals surface area contributed by atoms with Crippen LogP contribution in [-0.2, 0) is 22.4 Å². The van der Waals surface area contributed by atoms with Crippen molar-refractivity contribution < 1.29 is 38.4 Å². The smallest absolute Gasteiger partial charge is 0.251 e. The number of aryl methyl sites for hydroxylation is 1. The van der Waals surface area contributed by atoms with Crippen molar-refractivity contribution in [3.05, 3.63) is 129 Å². The maximum Gasteiger partial charge on any atom is 0.251 e. The number of nitrogens with two attached hydrogens (primary N) is 1. The molecule has 0 saturated carbocycles. The van der Waals surface area contributed by atoms with Gasteiger partial charge in [0, 0.05) is 56.1 Å². The summed E-state index contributed by atoms with van der Waals surface area (Å²) >= 11 is 12.4. The molecule has 1 heterocycles. The van der Waals surface area contributed by atoms with Gasteiger partial charge < -0.3 is 46.2 Å². The second-order valence-corrected chi connectivity index (χ2v) is 15.1. The average Bonchev–Trinajstić information content (AvgIpc) is 3.69. The van der Waals surface area contributed by atoms with E-state index in [1.165, 1.54) is 26.2 Å². The SMILES string of the molecule is C.CNC(=O)[C@H](Cc1ccc(-c2noc(C)n2)cc1)NC(=O)c1ccc(OC(C)C)c(Cl)c1.CNC(=O)[C@H](Cc1ccc(/C(N)=N/O)cc1)NC(=O)c1ccc(OC(C)C)c(Cl)c1. The number of nitrogens with one attached hydrogen (secondary N) is 4. The van der Waals surface area contributed by atoms with Gasteiger partial charge in [0.25, 0.3) is 11.8 Å². The largest absolute Gasteiger partial charge is 0.489 e. The monoisotopic (exact) mass is 904 g/mol. The summed E-state index contributed by atoms with van der Waals surface area (Å²) in [6.07, 6.45) is 0.467. The highest BCUT2D eigenvalue weighted by atomic mass is 35.5. The summed E-state index contributed by atoms with van der Waals surface area (Å²) in [5.41, 5.74) is 9.19. The molecule has 1 aromatic heterocycles. The Morgan fingerprint density at radius 3 is 1.48 bits per heavy atom. The van der Waals surface area contributed by atoms with Crippen molar-refractivity contribution in [1.29, 1.82) is 0 Å². The Hall–Kier alpha value is -6.65. The van der Waals surface area contributed by atoms with Crippen LogP contribution in [0.5, 0.6) is 11.5 Å². The lowest BCUT2D eigenvalue weighted by Gasteiger charge is -2.18. The lowest BCUT2D eigenvalue weighted by atomic mass is 10.0. The number of oxime groups is 1. The molecule has 5 aromatic rings. The van der Waals surface area contributed by atoms with Gasteiger partial charge in [0.05, 0.1) is 22.3 Å². The van der Waals surface area contributed by atoms with Crippen molar-refractivity contribution >= 4 is 52.7 Å². The third kappa shape index (κ3) is 15.0. The van der Waals surface area contributed by atoms with Crippen LogP contribution in [0, 0.1) is 6.92 Å². The molecule has 63 heavy (non-hydrogen) atoms. The molecule has 0 fully saturated rings. The number of amidine groups is 1. The van der Waals surface area contributed by atoms with E-state index < -0.39 is 23.9 Å². The van der Waals surface area contributed by atoms with Crippen LogP contribution in [0.2, 0.25) is 10.0 Å². The number of carbonyl (C=O) groups excluding carboxylic acids is 4. The minimum Gasteiger partial charge on any atom is -0.489 e. The number of benzene rings is 4. The number of hydrogen-bond acceptors (Lipinski definition) is 11. The average molecular weight is 906 g/mol. The zero-order valence-electron chi connectivity index (χ0n) is 35.3. The number of likely N-dealkylation sites (N-methyl/N-ethyl adjacent to an activating group) is 2. The minimum atomic E-state index is -0.803. The van der Waals surface area contributed by atoms with Crippen LogP contribution in [0.4, 0.5) is 0 Å². The Balaban J connectivity index is 0.000000331. The molecule has 4 amide bonds. The van der Waals surface area contributed by atoms with Gasteiger partial charge in [-0.1, -0.05) is 89.5 Å². The van der Waals surface area contributed by atoms with Crippen molar-refractivity contribution in [2.45, 2.75) is 79.2 Å². The lowest BCUT2D eigenvalue weighted by Crippen LogP contribution is -2.47. The fraction of sp³-hybridized carbons (Fsp3) is 0.311. The number of amides is 4. The molecule has 18 heteroatoms. The van der Waals surface area contributed by atoms with Gasteiger partial charge in [0.2, 0.25) is 23.5 Å². The van der Waals surface area contributed by atoms with Gasteiger partial charge in [0.1, 0.15) is 23.6 Å². The van der Waals surface area contributed by atoms with E-state index >= 15 is 0 Å². The van der Waals surface area contributed by atoms with Gasteiger partial charge in [-0.05, 0) is 75.2 Å². The fourth-order valence-corrected chi connectivity index (χ4v) is 6.23. The molecule has 0 aliphatic carbocycles. The normalized spacial score (nSPS) is 11.9. The number of carbonyl (C=O) groups is 4. The van der Waals surface area contributed by atoms with Crippen molar-refractivity contribution in [3.8, 4) is 22.9 Å². The molecule has 0 aliphatic rings. The van der Waals surface area contributed by atoms with Gasteiger partial charge >= 0.3 is 0 Å². The van der Waals surface area contributed by atoms with Crippen LogP contribution in [0.3, 0.4) is 0 Å². The van der Waals surface area contributed by atoms with Crippen LogP contribution in [-0.4, -0.2) is 83.2 Å². The Morgan fingerprint density at radius 2 is 1.13 bits per heavy atom. The molecule has 0 spiro atoms. The van der Waals surface area contributed by atoms with Crippen LogP contribution < -0.4 is 36.5 Å². The van der Waals surface area contributed by atoms with Gasteiger partial charge in [-0.3, -0.25) is 19.2 Å². The Bertz CT molecular complexity index is 2350. The molecule has 7 N–H and O–H groups in total. The van der Waals surface area contributed by atoms with E-state index in [2.05, 4.69) is 36.6 Å². The third-order valence-corrected chi connectivity index (χ3v) is 9.42. The van der Waals surface area contributed by atoms with Gasteiger partial charge in [-0.2, -0.15) is 4.98 Å². The summed E-state index contributed by atoms with van der Waals surface area (Å²) in [5, 5.41) is 26.9. The van der Waals surface area contributed by atoms with Crippen LogP contribution in [0.15, 0.2) is 94.6 Å².